The molecular weight excluding hydrogens is 196 g/mol. The van der Waals surface area contributed by atoms with E-state index in [-0.39, 0.29) is 12.5 Å². The van der Waals surface area contributed by atoms with Gasteiger partial charge in [-0.15, -0.1) is 0 Å². The summed E-state index contributed by atoms with van der Waals surface area (Å²) in [5.41, 5.74) is 3.07. The van der Waals surface area contributed by atoms with Gasteiger partial charge in [-0.1, -0.05) is 36.7 Å². The molecule has 0 aliphatic heterocycles. The molecule has 2 heteroatoms. The van der Waals surface area contributed by atoms with Crippen molar-refractivity contribution < 1.29 is 5.11 Å². The van der Waals surface area contributed by atoms with Gasteiger partial charge in [0.1, 0.15) is 0 Å². The molecule has 0 bridgehead atoms. The van der Waals surface area contributed by atoms with E-state index in [1.165, 1.54) is 0 Å². The summed E-state index contributed by atoms with van der Waals surface area (Å²) >= 11 is 5.97. The highest BCUT2D eigenvalue weighted by Gasteiger charge is 2.06. The van der Waals surface area contributed by atoms with Gasteiger partial charge >= 0.3 is 0 Å². The van der Waals surface area contributed by atoms with Crippen LogP contribution in [-0.4, -0.2) is 11.7 Å². The van der Waals surface area contributed by atoms with Crippen molar-refractivity contribution in [3.8, 4) is 0 Å². The van der Waals surface area contributed by atoms with E-state index in [1.54, 1.807) is 0 Å². The third-order valence-electron chi connectivity index (χ3n) is 2.26. The fourth-order valence-electron chi connectivity index (χ4n) is 1.25. The number of halogens is 1. The smallest absolute Gasteiger partial charge is 0.0497 e. The largest absolute Gasteiger partial charge is 0.396 e. The van der Waals surface area contributed by atoms with E-state index in [2.05, 4.69) is 6.58 Å². The van der Waals surface area contributed by atoms with Crippen LogP contribution in [0.5, 0.6) is 0 Å². The highest BCUT2D eigenvalue weighted by atomic mass is 35.5. The minimum Gasteiger partial charge on any atom is -0.396 e. The van der Waals surface area contributed by atoms with Gasteiger partial charge in [0.05, 0.1) is 0 Å². The van der Waals surface area contributed by atoms with Crippen LogP contribution in [0.1, 0.15) is 30.9 Å². The summed E-state index contributed by atoms with van der Waals surface area (Å²) in [6.07, 6.45) is 0. The van der Waals surface area contributed by atoms with E-state index in [0.29, 0.717) is 5.02 Å². The summed E-state index contributed by atoms with van der Waals surface area (Å²) in [6.45, 7) is 7.92. The molecule has 1 unspecified atom stereocenters. The van der Waals surface area contributed by atoms with Gasteiger partial charge in [-0.3, -0.25) is 0 Å². The van der Waals surface area contributed by atoms with Crippen LogP contribution in [0.4, 0.5) is 0 Å². The first-order valence-electron chi connectivity index (χ1n) is 4.62. The summed E-state index contributed by atoms with van der Waals surface area (Å²) in [4.78, 5) is 0. The van der Waals surface area contributed by atoms with Gasteiger partial charge < -0.3 is 5.11 Å². The average Bonchev–Trinajstić information content (AvgIpc) is 2.15. The lowest BCUT2D eigenvalue weighted by atomic mass is 9.98. The van der Waals surface area contributed by atoms with Crippen molar-refractivity contribution >= 4 is 17.2 Å². The van der Waals surface area contributed by atoms with Crippen molar-refractivity contribution in [3.63, 3.8) is 0 Å². The van der Waals surface area contributed by atoms with Crippen molar-refractivity contribution in [1.29, 1.82) is 0 Å². The Morgan fingerprint density at radius 3 is 2.64 bits per heavy atom. The second kappa shape index (κ2) is 4.63. The van der Waals surface area contributed by atoms with Gasteiger partial charge in [-0.2, -0.15) is 0 Å². The van der Waals surface area contributed by atoms with Crippen molar-refractivity contribution in [2.24, 2.45) is 0 Å². The fourth-order valence-corrected chi connectivity index (χ4v) is 1.49. The molecule has 0 fully saturated rings. The molecule has 1 N–H and O–H groups in total. The van der Waals surface area contributed by atoms with Gasteiger partial charge in [0.15, 0.2) is 0 Å². The SMILES string of the molecule is C=C(C)c1cc(Cl)cc(C(C)CO)c1. The van der Waals surface area contributed by atoms with Gasteiger partial charge in [-0.05, 0) is 30.2 Å². The van der Waals surface area contributed by atoms with Crippen LogP contribution in [0, 0.1) is 0 Å². The first-order valence-corrected chi connectivity index (χ1v) is 4.99. The lowest BCUT2D eigenvalue weighted by molar-refractivity contribution is 0.273. The van der Waals surface area contributed by atoms with E-state index in [1.807, 2.05) is 32.0 Å². The molecule has 0 aliphatic rings. The Hall–Kier alpha value is -0.790. The average molecular weight is 211 g/mol. The van der Waals surface area contributed by atoms with Gasteiger partial charge in [0, 0.05) is 17.5 Å². The molecule has 0 saturated heterocycles. The minimum absolute atomic E-state index is 0.117. The van der Waals surface area contributed by atoms with Crippen LogP contribution in [0.2, 0.25) is 5.02 Å². The molecule has 0 aliphatic carbocycles. The van der Waals surface area contributed by atoms with Crippen LogP contribution >= 0.6 is 11.6 Å². The zero-order valence-corrected chi connectivity index (χ0v) is 9.30. The van der Waals surface area contributed by atoms with Crippen LogP contribution < -0.4 is 0 Å². The molecule has 0 aromatic heterocycles. The third kappa shape index (κ3) is 2.60. The molecule has 1 aromatic carbocycles. The minimum atomic E-state index is 0.117. The predicted octanol–water partition coefficient (Wildman–Crippen LogP) is 3.47. The van der Waals surface area contributed by atoms with Crippen molar-refractivity contribution in [2.45, 2.75) is 19.8 Å². The van der Waals surface area contributed by atoms with Crippen LogP contribution in [0.15, 0.2) is 24.8 Å². The summed E-state index contributed by atoms with van der Waals surface area (Å²) in [7, 11) is 0. The Morgan fingerprint density at radius 2 is 2.14 bits per heavy atom. The first kappa shape index (κ1) is 11.3. The molecule has 0 amide bonds. The van der Waals surface area contributed by atoms with Crippen molar-refractivity contribution in [3.05, 3.63) is 40.9 Å². The van der Waals surface area contributed by atoms with Gasteiger partial charge in [-0.25, -0.2) is 0 Å². The molecule has 0 radical (unpaired) electrons. The number of rotatable bonds is 3. The summed E-state index contributed by atoms with van der Waals surface area (Å²) in [6, 6.07) is 5.79. The number of benzene rings is 1. The van der Waals surface area contributed by atoms with Gasteiger partial charge in [0.2, 0.25) is 0 Å². The second-order valence-electron chi connectivity index (χ2n) is 3.64. The number of aliphatic hydroxyl groups is 1. The monoisotopic (exact) mass is 210 g/mol. The lowest BCUT2D eigenvalue weighted by Crippen LogP contribution is -1.99. The zero-order chi connectivity index (χ0) is 10.7. The molecule has 0 spiro atoms. The Morgan fingerprint density at radius 1 is 1.50 bits per heavy atom. The van der Waals surface area contributed by atoms with Crippen molar-refractivity contribution in [2.75, 3.05) is 6.61 Å². The molecule has 1 atom stereocenters. The predicted molar refractivity (Wildman–Crippen MR) is 61.7 cm³/mol. The Labute approximate surface area is 90.0 Å². The van der Waals surface area contributed by atoms with Crippen LogP contribution in [0.25, 0.3) is 5.57 Å². The molecule has 1 aromatic rings. The second-order valence-corrected chi connectivity index (χ2v) is 4.07. The normalized spacial score (nSPS) is 12.6. The maximum Gasteiger partial charge on any atom is 0.0497 e. The van der Waals surface area contributed by atoms with Crippen LogP contribution in [-0.2, 0) is 0 Å². The lowest BCUT2D eigenvalue weighted by Gasteiger charge is -2.11. The number of aliphatic hydroxyl groups excluding tert-OH is 1. The molecular formula is C12H15ClO. The maximum absolute atomic E-state index is 9.04. The standard InChI is InChI=1S/C12H15ClO/c1-8(2)10-4-11(9(3)7-14)6-12(13)5-10/h4-6,9,14H,1,7H2,2-3H3. The summed E-state index contributed by atoms with van der Waals surface area (Å²) in [5, 5.41) is 9.74. The molecule has 0 saturated carbocycles. The number of hydrogen-bond donors (Lipinski definition) is 1. The van der Waals surface area contributed by atoms with E-state index in [0.717, 1.165) is 16.7 Å². The topological polar surface area (TPSA) is 20.2 Å². The Bertz CT molecular complexity index is 344. The van der Waals surface area contributed by atoms with Crippen molar-refractivity contribution in [1.82, 2.24) is 0 Å². The first-order chi connectivity index (χ1) is 6.54. The number of allylic oxidation sites excluding steroid dienone is 1. The third-order valence-corrected chi connectivity index (χ3v) is 2.47. The summed E-state index contributed by atoms with van der Waals surface area (Å²) < 4.78 is 0. The van der Waals surface area contributed by atoms with E-state index < -0.39 is 0 Å². The van der Waals surface area contributed by atoms with E-state index in [4.69, 9.17) is 16.7 Å². The highest BCUT2D eigenvalue weighted by Crippen LogP contribution is 2.24. The Balaban J connectivity index is 3.13. The zero-order valence-electron chi connectivity index (χ0n) is 8.55. The highest BCUT2D eigenvalue weighted by molar-refractivity contribution is 6.30. The number of hydrogen-bond acceptors (Lipinski definition) is 1. The van der Waals surface area contributed by atoms with Crippen LogP contribution in [0.3, 0.4) is 0 Å². The van der Waals surface area contributed by atoms with Gasteiger partial charge in [0.25, 0.3) is 0 Å². The molecule has 0 heterocycles. The molecule has 1 nitrogen and oxygen atoms in total. The molecule has 76 valence electrons. The fraction of sp³-hybridized carbons (Fsp3) is 0.333. The maximum atomic E-state index is 9.04. The molecule has 1 rings (SSSR count). The van der Waals surface area contributed by atoms with E-state index in [9.17, 15) is 0 Å². The Kier molecular flexibility index (Phi) is 3.73. The summed E-state index contributed by atoms with van der Waals surface area (Å²) in [5.74, 6) is 0.117. The molecule has 14 heavy (non-hydrogen) atoms. The van der Waals surface area contributed by atoms with E-state index >= 15 is 0 Å². The quantitative estimate of drug-likeness (QED) is 0.810.